The zero-order valence-corrected chi connectivity index (χ0v) is 9.23. The highest BCUT2D eigenvalue weighted by Gasteiger charge is 2.27. The smallest absolute Gasteiger partial charge is 0.225 e. The molecule has 0 aromatic carbocycles. The predicted octanol–water partition coefficient (Wildman–Crippen LogP) is -0.0802. The maximum Gasteiger partial charge on any atom is 0.225 e. The van der Waals surface area contributed by atoms with E-state index < -0.39 is 6.10 Å². The Morgan fingerprint density at radius 2 is 2.29 bits per heavy atom. The lowest BCUT2D eigenvalue weighted by atomic mass is 10.2. The molecule has 1 rings (SSSR count). The standard InChI is InChI=1S/C10H20N2O2/c1-8(13)6-10(14)12-5-4-9(7-12)11(2)3/h8-9,13H,4-7H2,1-3H3. The third-order valence-electron chi connectivity index (χ3n) is 2.72. The molecule has 0 aliphatic carbocycles. The van der Waals surface area contributed by atoms with Gasteiger partial charge in [-0.15, -0.1) is 0 Å². The Bertz CT molecular complexity index is 204. The second-order valence-electron chi connectivity index (χ2n) is 4.30. The fourth-order valence-electron chi connectivity index (χ4n) is 1.77. The molecule has 4 heteroatoms. The van der Waals surface area contributed by atoms with E-state index in [0.717, 1.165) is 19.5 Å². The number of rotatable bonds is 3. The van der Waals surface area contributed by atoms with E-state index in [1.807, 2.05) is 19.0 Å². The van der Waals surface area contributed by atoms with E-state index in [9.17, 15) is 4.79 Å². The van der Waals surface area contributed by atoms with Gasteiger partial charge >= 0.3 is 0 Å². The van der Waals surface area contributed by atoms with Gasteiger partial charge in [0, 0.05) is 19.1 Å². The molecule has 0 aromatic rings. The molecule has 1 aliphatic heterocycles. The van der Waals surface area contributed by atoms with E-state index in [4.69, 9.17) is 5.11 Å². The molecule has 1 saturated heterocycles. The molecule has 1 fully saturated rings. The summed E-state index contributed by atoms with van der Waals surface area (Å²) in [5.41, 5.74) is 0. The molecule has 0 radical (unpaired) electrons. The SMILES string of the molecule is CC(O)CC(=O)N1CCC(N(C)C)C1. The van der Waals surface area contributed by atoms with Crippen LogP contribution in [0, 0.1) is 0 Å². The van der Waals surface area contributed by atoms with Gasteiger partial charge in [-0.1, -0.05) is 0 Å². The van der Waals surface area contributed by atoms with Crippen LogP contribution in [0.5, 0.6) is 0 Å². The first kappa shape index (κ1) is 11.5. The number of nitrogens with zero attached hydrogens (tertiary/aromatic N) is 2. The summed E-state index contributed by atoms with van der Waals surface area (Å²) < 4.78 is 0. The topological polar surface area (TPSA) is 43.8 Å². The first-order chi connectivity index (χ1) is 6.50. The van der Waals surface area contributed by atoms with Gasteiger partial charge in [0.25, 0.3) is 0 Å². The number of carbonyl (C=O) groups excluding carboxylic acids is 1. The number of aliphatic hydroxyl groups excluding tert-OH is 1. The first-order valence-electron chi connectivity index (χ1n) is 5.13. The predicted molar refractivity (Wildman–Crippen MR) is 55.0 cm³/mol. The Morgan fingerprint density at radius 3 is 2.71 bits per heavy atom. The summed E-state index contributed by atoms with van der Waals surface area (Å²) in [6, 6.07) is 0.480. The monoisotopic (exact) mass is 200 g/mol. The van der Waals surface area contributed by atoms with Gasteiger partial charge in [0.2, 0.25) is 5.91 Å². The van der Waals surface area contributed by atoms with Crippen molar-refractivity contribution in [1.82, 2.24) is 9.80 Å². The van der Waals surface area contributed by atoms with Gasteiger partial charge in [-0.25, -0.2) is 0 Å². The van der Waals surface area contributed by atoms with E-state index in [0.29, 0.717) is 6.04 Å². The van der Waals surface area contributed by atoms with Gasteiger partial charge in [0.15, 0.2) is 0 Å². The number of hydrogen-bond acceptors (Lipinski definition) is 3. The summed E-state index contributed by atoms with van der Waals surface area (Å²) in [6.45, 7) is 3.28. The molecule has 0 saturated carbocycles. The van der Waals surface area contributed by atoms with Crippen molar-refractivity contribution >= 4 is 5.91 Å². The highest BCUT2D eigenvalue weighted by Crippen LogP contribution is 2.14. The van der Waals surface area contributed by atoms with Crippen LogP contribution in [0.15, 0.2) is 0 Å². The maximum atomic E-state index is 11.6. The third kappa shape index (κ3) is 2.96. The van der Waals surface area contributed by atoms with Crippen molar-refractivity contribution < 1.29 is 9.90 Å². The van der Waals surface area contributed by atoms with Crippen molar-refractivity contribution in [3.05, 3.63) is 0 Å². The summed E-state index contributed by atoms with van der Waals surface area (Å²) >= 11 is 0. The lowest BCUT2D eigenvalue weighted by Crippen LogP contribution is -2.35. The van der Waals surface area contributed by atoms with Gasteiger partial charge in [0.1, 0.15) is 0 Å². The number of hydrogen-bond donors (Lipinski definition) is 1. The van der Waals surface area contributed by atoms with Crippen LogP contribution in [-0.4, -0.2) is 60.1 Å². The van der Waals surface area contributed by atoms with Crippen LogP contribution in [0.4, 0.5) is 0 Å². The molecule has 0 spiro atoms. The second kappa shape index (κ2) is 4.75. The molecule has 1 aliphatic rings. The number of carbonyl (C=O) groups is 1. The van der Waals surface area contributed by atoms with E-state index in [2.05, 4.69) is 4.90 Å². The van der Waals surface area contributed by atoms with E-state index in [1.165, 1.54) is 0 Å². The Hall–Kier alpha value is -0.610. The molecule has 1 amide bonds. The summed E-state index contributed by atoms with van der Waals surface area (Å²) in [5, 5.41) is 9.10. The van der Waals surface area contributed by atoms with Crippen LogP contribution in [0.1, 0.15) is 19.8 Å². The number of likely N-dealkylation sites (N-methyl/N-ethyl adjacent to an activating group) is 1. The molecule has 1 heterocycles. The van der Waals surface area contributed by atoms with Crippen molar-refractivity contribution in [2.45, 2.75) is 31.9 Å². The minimum absolute atomic E-state index is 0.0735. The third-order valence-corrected chi connectivity index (χ3v) is 2.72. The van der Waals surface area contributed by atoms with Crippen molar-refractivity contribution in [2.75, 3.05) is 27.2 Å². The Morgan fingerprint density at radius 1 is 1.64 bits per heavy atom. The van der Waals surface area contributed by atoms with Crippen LogP contribution < -0.4 is 0 Å². The van der Waals surface area contributed by atoms with Gasteiger partial charge in [0.05, 0.1) is 12.5 Å². The Kier molecular flexibility index (Phi) is 3.89. The molecule has 14 heavy (non-hydrogen) atoms. The molecular weight excluding hydrogens is 180 g/mol. The van der Waals surface area contributed by atoms with E-state index in [1.54, 1.807) is 6.92 Å². The highest BCUT2D eigenvalue weighted by atomic mass is 16.3. The van der Waals surface area contributed by atoms with Crippen molar-refractivity contribution in [1.29, 1.82) is 0 Å². The van der Waals surface area contributed by atoms with E-state index >= 15 is 0 Å². The lowest BCUT2D eigenvalue weighted by Gasteiger charge is -2.20. The average Bonchev–Trinajstić information content (AvgIpc) is 2.50. The molecule has 4 nitrogen and oxygen atoms in total. The summed E-state index contributed by atoms with van der Waals surface area (Å²) in [4.78, 5) is 15.6. The van der Waals surface area contributed by atoms with E-state index in [-0.39, 0.29) is 12.3 Å². The molecule has 2 atom stereocenters. The van der Waals surface area contributed by atoms with Gasteiger partial charge < -0.3 is 14.9 Å². The Labute approximate surface area is 85.5 Å². The van der Waals surface area contributed by atoms with Crippen molar-refractivity contribution in [2.24, 2.45) is 0 Å². The normalized spacial score (nSPS) is 24.4. The van der Waals surface area contributed by atoms with Gasteiger partial charge in [-0.3, -0.25) is 4.79 Å². The quantitative estimate of drug-likeness (QED) is 0.693. The molecule has 1 N–H and O–H groups in total. The maximum absolute atomic E-state index is 11.6. The first-order valence-corrected chi connectivity index (χ1v) is 5.13. The molecule has 0 bridgehead atoms. The number of likely N-dealkylation sites (tertiary alicyclic amines) is 1. The van der Waals surface area contributed by atoms with Crippen LogP contribution in [0.3, 0.4) is 0 Å². The molecule has 2 unspecified atom stereocenters. The highest BCUT2D eigenvalue weighted by molar-refractivity contribution is 5.77. The minimum Gasteiger partial charge on any atom is -0.393 e. The zero-order chi connectivity index (χ0) is 10.7. The van der Waals surface area contributed by atoms with Crippen LogP contribution >= 0.6 is 0 Å². The molecular formula is C10H20N2O2. The summed E-state index contributed by atoms with van der Waals surface area (Å²) in [5.74, 6) is 0.0735. The van der Waals surface area contributed by atoms with Crippen molar-refractivity contribution in [3.63, 3.8) is 0 Å². The van der Waals surface area contributed by atoms with Crippen LogP contribution in [-0.2, 0) is 4.79 Å². The van der Waals surface area contributed by atoms with Crippen molar-refractivity contribution in [3.8, 4) is 0 Å². The van der Waals surface area contributed by atoms with Crippen LogP contribution in [0.2, 0.25) is 0 Å². The zero-order valence-electron chi connectivity index (χ0n) is 9.23. The minimum atomic E-state index is -0.527. The fourth-order valence-corrected chi connectivity index (χ4v) is 1.77. The lowest BCUT2D eigenvalue weighted by molar-refractivity contribution is -0.132. The second-order valence-corrected chi connectivity index (χ2v) is 4.30. The summed E-state index contributed by atoms with van der Waals surface area (Å²) in [7, 11) is 4.07. The fraction of sp³-hybridized carbons (Fsp3) is 0.900. The summed E-state index contributed by atoms with van der Waals surface area (Å²) in [6.07, 6.45) is 0.763. The van der Waals surface area contributed by atoms with Crippen LogP contribution in [0.25, 0.3) is 0 Å². The number of amides is 1. The number of aliphatic hydroxyl groups is 1. The largest absolute Gasteiger partial charge is 0.393 e. The van der Waals surface area contributed by atoms with Gasteiger partial charge in [-0.05, 0) is 27.4 Å². The average molecular weight is 200 g/mol. The Balaban J connectivity index is 2.38. The molecule has 82 valence electrons. The molecule has 0 aromatic heterocycles. The van der Waals surface area contributed by atoms with Gasteiger partial charge in [-0.2, -0.15) is 0 Å².